The number of benzene rings is 2. The Morgan fingerprint density at radius 1 is 0.926 bits per heavy atom. The largest absolute Gasteiger partial charge is 0.312 e. The second kappa shape index (κ2) is 9.03. The molecule has 1 unspecified atom stereocenters. The van der Waals surface area contributed by atoms with Gasteiger partial charge in [-0.15, -0.1) is 10.2 Å². The Morgan fingerprint density at radius 2 is 1.52 bits per heavy atom. The summed E-state index contributed by atoms with van der Waals surface area (Å²) in [6.45, 7) is 1.68. The summed E-state index contributed by atoms with van der Waals surface area (Å²) in [6.07, 6.45) is 2.88. The Hall–Kier alpha value is -3.08. The third kappa shape index (κ3) is 4.97. The summed E-state index contributed by atoms with van der Waals surface area (Å²) in [5.41, 5.74) is 2.60. The molecule has 5 nitrogen and oxygen atoms in total. The predicted molar refractivity (Wildman–Crippen MR) is 107 cm³/mol. The maximum absolute atomic E-state index is 12.3. The lowest BCUT2D eigenvalue weighted by molar-refractivity contribution is -0.134. The molecule has 1 aliphatic carbocycles. The van der Waals surface area contributed by atoms with Crippen LogP contribution in [0.25, 0.3) is 0 Å². The first-order chi connectivity index (χ1) is 13.1. The molecule has 0 bridgehead atoms. The van der Waals surface area contributed by atoms with E-state index in [0.29, 0.717) is 18.7 Å². The van der Waals surface area contributed by atoms with E-state index in [1.54, 1.807) is 6.92 Å². The summed E-state index contributed by atoms with van der Waals surface area (Å²) in [5, 5.41) is 11.3. The van der Waals surface area contributed by atoms with E-state index in [4.69, 9.17) is 0 Å². The number of nitrogens with zero attached hydrogens (tertiary/aromatic N) is 2. The highest BCUT2D eigenvalue weighted by atomic mass is 16.2. The smallest absolute Gasteiger partial charge is 0.235 e. The van der Waals surface area contributed by atoms with E-state index in [9.17, 15) is 9.59 Å². The molecule has 2 aromatic rings. The van der Waals surface area contributed by atoms with Gasteiger partial charge in [0.1, 0.15) is 17.3 Å². The fourth-order valence-electron chi connectivity index (χ4n) is 3.15. The lowest BCUT2D eigenvalue weighted by Crippen LogP contribution is -2.39. The van der Waals surface area contributed by atoms with Gasteiger partial charge in [0.15, 0.2) is 0 Å². The number of rotatable bonds is 4. The van der Waals surface area contributed by atoms with E-state index in [0.717, 1.165) is 29.7 Å². The van der Waals surface area contributed by atoms with Crippen molar-refractivity contribution in [1.82, 2.24) is 5.32 Å². The minimum absolute atomic E-state index is 0.0179. The zero-order valence-corrected chi connectivity index (χ0v) is 15.4. The summed E-state index contributed by atoms with van der Waals surface area (Å²) < 4.78 is 0. The Bertz CT molecular complexity index is 816. The first kappa shape index (κ1) is 18.7. The van der Waals surface area contributed by atoms with Gasteiger partial charge in [0, 0.05) is 17.5 Å². The summed E-state index contributed by atoms with van der Waals surface area (Å²) in [4.78, 5) is 24.3. The van der Waals surface area contributed by atoms with Crippen LogP contribution in [0.4, 0.5) is 0 Å². The van der Waals surface area contributed by atoms with Gasteiger partial charge in [0.05, 0.1) is 5.92 Å². The van der Waals surface area contributed by atoms with Crippen LogP contribution >= 0.6 is 0 Å². The normalized spacial score (nSPS) is 17.3. The number of ketones is 1. The second-order valence-electron chi connectivity index (χ2n) is 6.62. The minimum Gasteiger partial charge on any atom is -0.312 e. The summed E-state index contributed by atoms with van der Waals surface area (Å²) in [7, 11) is 0. The van der Waals surface area contributed by atoms with Crippen molar-refractivity contribution in [2.24, 2.45) is 16.1 Å². The summed E-state index contributed by atoms with van der Waals surface area (Å²) in [6, 6.07) is 19.5. The van der Waals surface area contributed by atoms with Crippen LogP contribution in [0.2, 0.25) is 0 Å². The Balaban J connectivity index is 1.80. The van der Waals surface area contributed by atoms with Crippen LogP contribution in [0.15, 0.2) is 70.9 Å². The van der Waals surface area contributed by atoms with Gasteiger partial charge in [-0.25, -0.2) is 0 Å². The Morgan fingerprint density at radius 3 is 2.07 bits per heavy atom. The van der Waals surface area contributed by atoms with E-state index in [1.807, 2.05) is 60.7 Å². The molecular weight excluding hydrogens is 338 g/mol. The molecule has 0 aromatic heterocycles. The van der Waals surface area contributed by atoms with Crippen LogP contribution in [0.5, 0.6) is 0 Å². The highest BCUT2D eigenvalue weighted by molar-refractivity contribution is 6.13. The van der Waals surface area contributed by atoms with Gasteiger partial charge < -0.3 is 5.32 Å². The number of amidine groups is 1. The van der Waals surface area contributed by atoms with Crippen molar-refractivity contribution >= 4 is 23.2 Å². The predicted octanol–water partition coefficient (Wildman–Crippen LogP) is 3.73. The average Bonchev–Trinajstić information content (AvgIpc) is 2.70. The lowest BCUT2D eigenvalue weighted by Gasteiger charge is -2.19. The van der Waals surface area contributed by atoms with Gasteiger partial charge in [-0.3, -0.25) is 9.59 Å². The van der Waals surface area contributed by atoms with Crippen molar-refractivity contribution in [3.63, 3.8) is 0 Å². The van der Waals surface area contributed by atoms with Gasteiger partial charge in [-0.2, -0.15) is 0 Å². The van der Waals surface area contributed by atoms with Gasteiger partial charge in [0.2, 0.25) is 5.91 Å². The molecule has 1 atom stereocenters. The Kier molecular flexibility index (Phi) is 6.26. The average molecular weight is 361 g/mol. The van der Waals surface area contributed by atoms with Crippen molar-refractivity contribution in [3.05, 3.63) is 71.8 Å². The van der Waals surface area contributed by atoms with E-state index in [2.05, 4.69) is 15.5 Å². The fraction of sp³-hybridized carbons (Fsp3) is 0.273. The molecule has 1 fully saturated rings. The second-order valence-corrected chi connectivity index (χ2v) is 6.62. The highest BCUT2D eigenvalue weighted by Gasteiger charge is 2.28. The third-order valence-electron chi connectivity index (χ3n) is 4.57. The summed E-state index contributed by atoms with van der Waals surface area (Å²) in [5.74, 6) is -0.445. The molecule has 2 aromatic carbocycles. The van der Waals surface area contributed by atoms with Crippen LogP contribution in [0, 0.1) is 5.92 Å². The molecule has 1 saturated carbocycles. The highest BCUT2D eigenvalue weighted by Crippen LogP contribution is 2.20. The molecule has 0 heterocycles. The van der Waals surface area contributed by atoms with Crippen LogP contribution < -0.4 is 5.32 Å². The number of hydrogen-bond acceptors (Lipinski definition) is 4. The molecule has 138 valence electrons. The molecule has 0 spiro atoms. The number of nitrogens with one attached hydrogen (secondary N) is 1. The molecular formula is C22H23N3O2. The van der Waals surface area contributed by atoms with Gasteiger partial charge in [-0.05, 0) is 19.8 Å². The standard InChI is InChI=1S/C22H23N3O2/c1-16(23-22(27)19-14-8-9-15-20(19)26)24-25-21(17-10-4-2-5-11-17)18-12-6-3-7-13-18/h2-7,10-13,19H,8-9,14-15H2,1H3,(H,23,24,27). The molecule has 3 rings (SSSR count). The van der Waals surface area contributed by atoms with E-state index in [-0.39, 0.29) is 11.7 Å². The van der Waals surface area contributed by atoms with E-state index >= 15 is 0 Å². The molecule has 0 aliphatic heterocycles. The van der Waals surface area contributed by atoms with Crippen molar-refractivity contribution in [1.29, 1.82) is 0 Å². The number of Topliss-reactive ketones (excluding diaryl/α,β-unsaturated/α-hetero) is 1. The quantitative estimate of drug-likeness (QED) is 0.390. The monoisotopic (exact) mass is 361 g/mol. The maximum atomic E-state index is 12.3. The third-order valence-corrected chi connectivity index (χ3v) is 4.57. The van der Waals surface area contributed by atoms with Crippen molar-refractivity contribution < 1.29 is 9.59 Å². The molecule has 1 aliphatic rings. The fourth-order valence-corrected chi connectivity index (χ4v) is 3.15. The Labute approximate surface area is 159 Å². The number of carbonyl (C=O) groups is 2. The minimum atomic E-state index is -0.560. The molecule has 27 heavy (non-hydrogen) atoms. The topological polar surface area (TPSA) is 70.9 Å². The van der Waals surface area contributed by atoms with Crippen LogP contribution in [-0.2, 0) is 9.59 Å². The summed E-state index contributed by atoms with van der Waals surface area (Å²) >= 11 is 0. The zero-order valence-electron chi connectivity index (χ0n) is 15.4. The first-order valence-corrected chi connectivity index (χ1v) is 9.22. The van der Waals surface area contributed by atoms with E-state index in [1.165, 1.54) is 0 Å². The molecule has 5 heteroatoms. The number of hydrogen-bond donors (Lipinski definition) is 1. The first-order valence-electron chi connectivity index (χ1n) is 9.22. The maximum Gasteiger partial charge on any atom is 0.235 e. The van der Waals surface area contributed by atoms with Gasteiger partial charge in [-0.1, -0.05) is 67.1 Å². The molecule has 1 N–H and O–H groups in total. The molecule has 0 saturated heterocycles. The van der Waals surface area contributed by atoms with Gasteiger partial charge in [0.25, 0.3) is 0 Å². The zero-order chi connectivity index (χ0) is 19.1. The van der Waals surface area contributed by atoms with Gasteiger partial charge >= 0.3 is 0 Å². The van der Waals surface area contributed by atoms with Crippen molar-refractivity contribution in [2.75, 3.05) is 0 Å². The number of amides is 1. The van der Waals surface area contributed by atoms with Crippen LogP contribution in [0.1, 0.15) is 43.7 Å². The van der Waals surface area contributed by atoms with Crippen molar-refractivity contribution in [3.8, 4) is 0 Å². The van der Waals surface area contributed by atoms with E-state index < -0.39 is 5.92 Å². The molecule has 1 amide bonds. The molecule has 0 radical (unpaired) electrons. The van der Waals surface area contributed by atoms with Crippen LogP contribution in [0.3, 0.4) is 0 Å². The SMILES string of the molecule is CC(=NN=C(c1ccccc1)c1ccccc1)NC(=O)C1CCCCC1=O. The lowest BCUT2D eigenvalue weighted by atomic mass is 9.87. The van der Waals surface area contributed by atoms with Crippen LogP contribution in [-0.4, -0.2) is 23.2 Å². The number of carbonyl (C=O) groups excluding carboxylic acids is 2. The van der Waals surface area contributed by atoms with Crippen molar-refractivity contribution in [2.45, 2.75) is 32.6 Å².